The fourth-order valence-corrected chi connectivity index (χ4v) is 5.76. The molecule has 0 saturated heterocycles. The van der Waals surface area contributed by atoms with E-state index in [1.807, 2.05) is 0 Å². The van der Waals surface area contributed by atoms with Crippen LogP contribution in [0.3, 0.4) is 0 Å². The fourth-order valence-electron chi connectivity index (χ4n) is 0.422. The third-order valence-electron chi connectivity index (χ3n) is 0.886. The second-order valence-corrected chi connectivity index (χ2v) is 10.5. The van der Waals surface area contributed by atoms with Crippen LogP contribution in [0, 0.1) is 0 Å². The van der Waals surface area contributed by atoms with Crippen molar-refractivity contribution in [1.82, 2.24) is 0 Å². The normalized spacial score (nSPS) is 8.25. The van der Waals surface area contributed by atoms with Gasteiger partial charge < -0.3 is 0 Å². The Hall–Kier alpha value is 3.32. The third kappa shape index (κ3) is 36.0. The monoisotopic (exact) mass is 584 g/mol. The number of hydrogen-bond donors (Lipinski definition) is 0. The minimum absolute atomic E-state index is 0. The number of halogens is 6. The molecule has 0 N–H and O–H groups in total. The van der Waals surface area contributed by atoms with Gasteiger partial charge in [-0.2, -0.15) is 0 Å². The molecule has 0 bridgehead atoms. The molecule has 0 radical (unpaired) electrons. The average Bonchev–Trinajstić information content (AvgIpc) is 2.21. The van der Waals surface area contributed by atoms with Crippen molar-refractivity contribution in [2.75, 3.05) is 23.5 Å². The summed E-state index contributed by atoms with van der Waals surface area (Å²) in [4.78, 5) is 0. The number of alkyl halides is 4. The Morgan fingerprint density at radius 3 is 0.812 bits per heavy atom. The molecule has 0 spiro atoms. The molecular formula is C8H18Cl6Te2. The first-order chi connectivity index (χ1) is 6.83. The zero-order valence-corrected chi connectivity index (χ0v) is 18.1. The summed E-state index contributed by atoms with van der Waals surface area (Å²) < 4.78 is 4.94. The first-order valence-electron chi connectivity index (χ1n) is 4.22. The quantitative estimate of drug-likeness (QED) is 0.218. The predicted molar refractivity (Wildman–Crippen MR) is 88.1 cm³/mol. The van der Waals surface area contributed by atoms with Crippen molar-refractivity contribution >= 4 is 113 Å². The molecule has 8 heteroatoms. The van der Waals surface area contributed by atoms with E-state index in [-0.39, 0.29) is 66.7 Å². The van der Waals surface area contributed by atoms with Gasteiger partial charge in [0.1, 0.15) is 0 Å². The van der Waals surface area contributed by atoms with Crippen LogP contribution in [0.4, 0.5) is 0 Å². The SMILES string of the molecule is Cl.Cl.ClCC[Te]CCCl.ClCC[Te]CCCl. The molecule has 0 aromatic carbocycles. The van der Waals surface area contributed by atoms with Gasteiger partial charge in [0.05, 0.1) is 0 Å². The van der Waals surface area contributed by atoms with E-state index in [0.717, 1.165) is 23.5 Å². The van der Waals surface area contributed by atoms with E-state index >= 15 is 0 Å². The molecule has 0 aliphatic heterocycles. The molecule has 0 aromatic rings. The third-order valence-corrected chi connectivity index (χ3v) is 10.1. The average molecular weight is 582 g/mol. The molecule has 0 atom stereocenters. The number of hydrogen-bond acceptors (Lipinski definition) is 0. The van der Waals surface area contributed by atoms with Crippen LogP contribution in [0.25, 0.3) is 0 Å². The van der Waals surface area contributed by atoms with Crippen molar-refractivity contribution in [2.45, 2.75) is 17.9 Å². The summed E-state index contributed by atoms with van der Waals surface area (Å²) in [6, 6.07) is 0. The van der Waals surface area contributed by atoms with Gasteiger partial charge in [-0.15, -0.1) is 24.8 Å². The molecule has 104 valence electrons. The van der Waals surface area contributed by atoms with Crippen LogP contribution in [0.1, 0.15) is 0 Å². The van der Waals surface area contributed by atoms with Crippen molar-refractivity contribution in [1.29, 1.82) is 0 Å². The Balaban J connectivity index is -0.0000000800. The van der Waals surface area contributed by atoms with Crippen LogP contribution in [0.5, 0.6) is 0 Å². The first-order valence-corrected chi connectivity index (χ1v) is 13.0. The fraction of sp³-hybridized carbons (Fsp3) is 1.00. The van der Waals surface area contributed by atoms with Gasteiger partial charge in [-0.05, 0) is 0 Å². The van der Waals surface area contributed by atoms with E-state index < -0.39 is 0 Å². The topological polar surface area (TPSA) is 0 Å². The van der Waals surface area contributed by atoms with Crippen LogP contribution in [-0.4, -0.2) is 65.4 Å². The zero-order valence-electron chi connectivity index (χ0n) is 8.80. The molecule has 0 aliphatic carbocycles. The molecule has 0 saturated carbocycles. The van der Waals surface area contributed by atoms with Gasteiger partial charge in [0.15, 0.2) is 0 Å². The van der Waals surface area contributed by atoms with Gasteiger partial charge >= 0.3 is 130 Å². The van der Waals surface area contributed by atoms with Crippen LogP contribution >= 0.6 is 71.2 Å². The van der Waals surface area contributed by atoms with E-state index in [1.54, 1.807) is 0 Å². The minimum atomic E-state index is 0. The molecule has 0 aliphatic rings. The molecule has 0 fully saturated rings. The van der Waals surface area contributed by atoms with E-state index in [1.165, 1.54) is 17.9 Å². The Bertz CT molecular complexity index is 70.9. The second kappa shape index (κ2) is 31.0. The zero-order chi connectivity index (χ0) is 11.1. The Labute approximate surface area is 152 Å². The van der Waals surface area contributed by atoms with Crippen molar-refractivity contribution in [2.24, 2.45) is 0 Å². The summed E-state index contributed by atoms with van der Waals surface area (Å²) in [5, 5.41) is 0. The van der Waals surface area contributed by atoms with Gasteiger partial charge in [0.2, 0.25) is 0 Å². The van der Waals surface area contributed by atoms with Crippen LogP contribution in [0.15, 0.2) is 0 Å². The Morgan fingerprint density at radius 1 is 0.500 bits per heavy atom. The van der Waals surface area contributed by atoms with Gasteiger partial charge in [-0.1, -0.05) is 0 Å². The molecule has 0 amide bonds. The standard InChI is InChI=1S/2C4H8Cl2Te.2ClH/c2*5-1-3-7-4-2-6;;/h2*1-4H2;2*1H. The van der Waals surface area contributed by atoms with Gasteiger partial charge in [-0.25, -0.2) is 0 Å². The van der Waals surface area contributed by atoms with Crippen molar-refractivity contribution < 1.29 is 0 Å². The summed E-state index contributed by atoms with van der Waals surface area (Å²) in [6.45, 7) is 0. The first kappa shape index (κ1) is 27.6. The molecule has 0 rings (SSSR count). The molecule has 0 aromatic heterocycles. The van der Waals surface area contributed by atoms with Gasteiger partial charge in [-0.3, -0.25) is 0 Å². The second-order valence-electron chi connectivity index (χ2n) is 1.98. The summed E-state index contributed by atoms with van der Waals surface area (Å²) in [5.41, 5.74) is 0. The molecule has 0 nitrogen and oxygen atoms in total. The van der Waals surface area contributed by atoms with Crippen LogP contribution in [-0.2, 0) is 0 Å². The van der Waals surface area contributed by atoms with E-state index in [0.29, 0.717) is 0 Å². The van der Waals surface area contributed by atoms with E-state index in [4.69, 9.17) is 46.4 Å². The van der Waals surface area contributed by atoms with Gasteiger partial charge in [0, 0.05) is 0 Å². The van der Waals surface area contributed by atoms with Crippen molar-refractivity contribution in [3.05, 3.63) is 0 Å². The van der Waals surface area contributed by atoms with Crippen molar-refractivity contribution in [3.63, 3.8) is 0 Å². The summed E-state index contributed by atoms with van der Waals surface area (Å²) >= 11 is 22.1. The molecule has 0 unspecified atom stereocenters. The maximum atomic E-state index is 5.43. The predicted octanol–water partition coefficient (Wildman–Crippen LogP) is 4.85. The Morgan fingerprint density at radius 2 is 0.688 bits per heavy atom. The summed E-state index contributed by atoms with van der Waals surface area (Å²) in [6.07, 6.45) is 0. The molecule has 16 heavy (non-hydrogen) atoms. The maximum absolute atomic E-state index is 5.43. The van der Waals surface area contributed by atoms with Gasteiger partial charge in [0.25, 0.3) is 0 Å². The van der Waals surface area contributed by atoms with Crippen LogP contribution < -0.4 is 0 Å². The molecular weight excluding hydrogens is 564 g/mol. The Kier molecular flexibility index (Phi) is 53.5. The van der Waals surface area contributed by atoms with E-state index in [2.05, 4.69) is 0 Å². The summed E-state index contributed by atoms with van der Waals surface area (Å²) in [7, 11) is 0. The number of rotatable bonds is 8. The molecule has 0 heterocycles. The summed E-state index contributed by atoms with van der Waals surface area (Å²) in [5.74, 6) is 3.33. The van der Waals surface area contributed by atoms with Crippen molar-refractivity contribution in [3.8, 4) is 0 Å². The van der Waals surface area contributed by atoms with Crippen LogP contribution in [0.2, 0.25) is 17.9 Å². The van der Waals surface area contributed by atoms with E-state index in [9.17, 15) is 0 Å².